The Hall–Kier alpha value is -1.51. The molecule has 90 valence electrons. The summed E-state index contributed by atoms with van der Waals surface area (Å²) < 4.78 is 5.47. The summed E-state index contributed by atoms with van der Waals surface area (Å²) in [5, 5.41) is 0. The summed E-state index contributed by atoms with van der Waals surface area (Å²) in [6.07, 6.45) is -0.570. The third-order valence-corrected chi connectivity index (χ3v) is 7.09. The lowest BCUT2D eigenvalue weighted by Crippen LogP contribution is -3.14. The summed E-state index contributed by atoms with van der Waals surface area (Å²) in [6, 6.07) is 10.9. The second-order valence-electron chi connectivity index (χ2n) is 6.73. The predicted molar refractivity (Wildman–Crippen MR) is 62.5 cm³/mol. The van der Waals surface area contributed by atoms with Gasteiger partial charge < -0.3 is 10.5 Å². The predicted octanol–water partition coefficient (Wildman–Crippen LogP) is 1.52. The van der Waals surface area contributed by atoms with Gasteiger partial charge in [-0.25, -0.2) is 4.79 Å². The van der Waals surface area contributed by atoms with Gasteiger partial charge in [-0.2, -0.15) is 0 Å². The number of amides is 1. The number of ether oxygens (including phenoxy) is 1. The van der Waals surface area contributed by atoms with Gasteiger partial charge >= 0.3 is 6.09 Å². The minimum absolute atomic E-state index is 0.0810. The topological polar surface area (TPSA) is 52.3 Å². The molecule has 6 aliphatic rings. The van der Waals surface area contributed by atoms with Gasteiger partial charge in [0, 0.05) is 23.2 Å². The molecule has 18 heavy (non-hydrogen) atoms. The Morgan fingerprint density at radius 1 is 1.00 bits per heavy atom. The number of rotatable bonds is 2. The van der Waals surface area contributed by atoms with Crippen molar-refractivity contribution in [1.29, 1.82) is 0 Å². The van der Waals surface area contributed by atoms with E-state index in [0.717, 1.165) is 17.8 Å². The van der Waals surface area contributed by atoms with Crippen LogP contribution >= 0.6 is 0 Å². The van der Waals surface area contributed by atoms with E-state index in [4.69, 9.17) is 10.5 Å². The average Bonchev–Trinajstić information content (AvgIpc) is 2.39. The number of primary amides is 1. The van der Waals surface area contributed by atoms with E-state index >= 15 is 0 Å². The minimum atomic E-state index is -0.570. The Balaban J connectivity index is 1.41. The molecule has 0 unspecified atom stereocenters. The summed E-state index contributed by atoms with van der Waals surface area (Å²) in [5.74, 6) is 4.30. The summed E-state index contributed by atoms with van der Waals surface area (Å²) in [5.41, 5.74) is 7.16. The van der Waals surface area contributed by atoms with Gasteiger partial charge in [-0.1, -0.05) is 30.3 Å². The lowest BCUT2D eigenvalue weighted by molar-refractivity contribution is -0.630. The van der Waals surface area contributed by atoms with Crippen molar-refractivity contribution in [3.05, 3.63) is 35.9 Å². The van der Waals surface area contributed by atoms with Crippen molar-refractivity contribution in [1.82, 2.24) is 0 Å². The zero-order valence-corrected chi connectivity index (χ0v) is 9.74. The number of nitrogens with two attached hydrogens (primary N) is 1. The lowest BCUT2D eigenvalue weighted by Gasteiger charge is -3.09. The van der Waals surface area contributed by atoms with Crippen molar-refractivity contribution in [3.8, 4) is 0 Å². The molecule has 0 bridgehead atoms. The van der Waals surface area contributed by atoms with E-state index in [1.54, 1.807) is 0 Å². The monoisotopic (exact) mass is 239 g/mol. The van der Waals surface area contributed by atoms with Crippen molar-refractivity contribution in [3.63, 3.8) is 0 Å². The Labute approximate surface area is 104 Å². The van der Waals surface area contributed by atoms with Crippen LogP contribution in [0.25, 0.3) is 0 Å². The molecule has 6 aliphatic carbocycles. The molecule has 0 aromatic heterocycles. The first kappa shape index (κ1) is 8.57. The van der Waals surface area contributed by atoms with Crippen LogP contribution < -0.4 is 5.73 Å². The van der Waals surface area contributed by atoms with Crippen molar-refractivity contribution in [2.45, 2.75) is 11.0 Å². The van der Waals surface area contributed by atoms with E-state index < -0.39 is 6.09 Å². The van der Waals surface area contributed by atoms with E-state index in [1.807, 2.05) is 0 Å². The number of benzene rings is 1. The minimum Gasteiger partial charge on any atom is -0.442 e. The van der Waals surface area contributed by atoms with Crippen LogP contribution in [0.4, 0.5) is 4.79 Å². The van der Waals surface area contributed by atoms with Crippen molar-refractivity contribution in [2.24, 2.45) is 41.2 Å². The van der Waals surface area contributed by atoms with Gasteiger partial charge in [0.25, 0.3) is 0 Å². The number of hydrogen-bond acceptors (Lipinski definition) is 2. The average molecular weight is 239 g/mol. The molecular formula is C15H13NO2. The SMILES string of the molecule is NC(=O)OC12C3C4C1C1C2C3C41c1ccccc1. The summed E-state index contributed by atoms with van der Waals surface area (Å²) >= 11 is 0. The molecule has 6 fully saturated rings. The van der Waals surface area contributed by atoms with Gasteiger partial charge in [-0.15, -0.1) is 0 Å². The first-order valence-corrected chi connectivity index (χ1v) is 6.79. The number of hydrogen-bond donors (Lipinski definition) is 1. The second kappa shape index (κ2) is 1.98. The first-order chi connectivity index (χ1) is 8.75. The largest absolute Gasteiger partial charge is 0.442 e. The molecule has 0 atom stereocenters. The molecule has 0 saturated heterocycles. The second-order valence-corrected chi connectivity index (χ2v) is 6.73. The van der Waals surface area contributed by atoms with E-state index in [2.05, 4.69) is 30.3 Å². The molecule has 0 radical (unpaired) electrons. The highest BCUT2D eigenvalue weighted by Crippen LogP contribution is 3.07. The van der Waals surface area contributed by atoms with Crippen LogP contribution in [-0.4, -0.2) is 11.7 Å². The van der Waals surface area contributed by atoms with Gasteiger partial charge in [-0.3, -0.25) is 0 Å². The highest BCUT2D eigenvalue weighted by molar-refractivity contribution is 5.71. The molecular weight excluding hydrogens is 226 g/mol. The van der Waals surface area contributed by atoms with E-state index in [0.29, 0.717) is 23.2 Å². The first-order valence-electron chi connectivity index (χ1n) is 6.79. The molecule has 7 rings (SSSR count). The van der Waals surface area contributed by atoms with Crippen LogP contribution in [0.2, 0.25) is 0 Å². The third-order valence-electron chi connectivity index (χ3n) is 7.09. The van der Waals surface area contributed by atoms with Crippen molar-refractivity contribution < 1.29 is 9.53 Å². The standard InChI is InChI=1S/C15H13NO2/c16-13(17)18-15-10-7-11(15)9-12(15)8(10)14(7,9)6-4-2-1-3-5-6/h1-5,7-12H,(H2,16,17). The quantitative estimate of drug-likeness (QED) is 0.850. The smallest absolute Gasteiger partial charge is 0.405 e. The maximum absolute atomic E-state index is 11.0. The summed E-state index contributed by atoms with van der Waals surface area (Å²) in [4.78, 5) is 11.0. The van der Waals surface area contributed by atoms with Crippen LogP contribution in [-0.2, 0) is 10.2 Å². The van der Waals surface area contributed by atoms with Crippen LogP contribution in [0.3, 0.4) is 0 Å². The van der Waals surface area contributed by atoms with Crippen LogP contribution in [0.15, 0.2) is 30.3 Å². The number of carbonyl (C=O) groups excluding carboxylic acids is 1. The molecule has 1 aromatic carbocycles. The third kappa shape index (κ3) is 0.439. The molecule has 3 heteroatoms. The Morgan fingerprint density at radius 2 is 1.56 bits per heavy atom. The van der Waals surface area contributed by atoms with Gasteiger partial charge in [0.15, 0.2) is 0 Å². The molecule has 0 spiro atoms. The Morgan fingerprint density at radius 3 is 2.06 bits per heavy atom. The van der Waals surface area contributed by atoms with Crippen molar-refractivity contribution >= 4 is 6.09 Å². The maximum atomic E-state index is 11.0. The van der Waals surface area contributed by atoms with E-state index in [9.17, 15) is 4.79 Å². The Kier molecular flexibility index (Phi) is 0.944. The molecule has 6 saturated carbocycles. The Bertz CT molecular complexity index is 569. The van der Waals surface area contributed by atoms with E-state index in [1.165, 1.54) is 5.56 Å². The molecule has 0 aliphatic heterocycles. The zero-order chi connectivity index (χ0) is 11.9. The van der Waals surface area contributed by atoms with Gasteiger partial charge in [-0.05, 0) is 23.3 Å². The normalized spacial score (nSPS) is 62.2. The van der Waals surface area contributed by atoms with E-state index in [-0.39, 0.29) is 5.60 Å². The van der Waals surface area contributed by atoms with Crippen molar-refractivity contribution in [2.75, 3.05) is 0 Å². The molecule has 0 heterocycles. The van der Waals surface area contributed by atoms with Crippen LogP contribution in [0.1, 0.15) is 5.56 Å². The highest BCUT2D eigenvalue weighted by atomic mass is 16.6. The molecule has 1 aromatic rings. The molecule has 2 N–H and O–H groups in total. The number of carbonyl (C=O) groups is 1. The highest BCUT2D eigenvalue weighted by Gasteiger charge is 3.11. The van der Waals surface area contributed by atoms with Crippen LogP contribution in [0.5, 0.6) is 0 Å². The van der Waals surface area contributed by atoms with Gasteiger partial charge in [0.05, 0.1) is 0 Å². The lowest BCUT2D eigenvalue weighted by atomic mass is 8.94. The molecule has 3 nitrogen and oxygen atoms in total. The van der Waals surface area contributed by atoms with Gasteiger partial charge in [0.2, 0.25) is 0 Å². The maximum Gasteiger partial charge on any atom is 0.405 e. The molecule has 1 amide bonds. The summed E-state index contributed by atoms with van der Waals surface area (Å²) in [6.45, 7) is 0. The fourth-order valence-corrected chi connectivity index (χ4v) is 7.11. The van der Waals surface area contributed by atoms with Gasteiger partial charge in [0.1, 0.15) is 5.60 Å². The fraction of sp³-hybridized carbons (Fsp3) is 0.533. The summed E-state index contributed by atoms with van der Waals surface area (Å²) in [7, 11) is 0. The zero-order valence-electron chi connectivity index (χ0n) is 9.74. The fourth-order valence-electron chi connectivity index (χ4n) is 7.11. The van der Waals surface area contributed by atoms with Crippen LogP contribution in [0, 0.1) is 35.5 Å².